The number of hydrogen-bond donors (Lipinski definition) is 0. The zero-order chi connectivity index (χ0) is 13.2. The quantitative estimate of drug-likeness (QED) is 0.612. The lowest BCUT2D eigenvalue weighted by Crippen LogP contribution is -1.98. The molecule has 0 amide bonds. The molecule has 2 heteroatoms. The summed E-state index contributed by atoms with van der Waals surface area (Å²) in [7, 11) is 0. The molecule has 0 aliphatic carbocycles. The van der Waals surface area contributed by atoms with Gasteiger partial charge in [0, 0.05) is 15.9 Å². The Kier molecular flexibility index (Phi) is 3.26. The Hall–Kier alpha value is -1.80. The highest BCUT2D eigenvalue weighted by Crippen LogP contribution is 2.27. The molecule has 0 aliphatic heterocycles. The van der Waals surface area contributed by atoms with Crippen molar-refractivity contribution in [1.82, 2.24) is 4.57 Å². The van der Waals surface area contributed by atoms with Gasteiger partial charge in [0.15, 0.2) is 0 Å². The number of aromatic nitrogens is 1. The largest absolute Gasteiger partial charge is 0.314 e. The standard InChI is InChI=1S/C17H14BrN/c1-13-10-11-17(14-6-3-2-4-7-14)19(13)16-9-5-8-15(18)12-16/h2-12H,1H3. The summed E-state index contributed by atoms with van der Waals surface area (Å²) in [6, 6.07) is 23.2. The maximum Gasteiger partial charge on any atom is 0.0531 e. The summed E-state index contributed by atoms with van der Waals surface area (Å²) >= 11 is 3.54. The maximum absolute atomic E-state index is 3.54. The molecule has 94 valence electrons. The van der Waals surface area contributed by atoms with Gasteiger partial charge in [-0.25, -0.2) is 0 Å². The molecule has 2 aromatic carbocycles. The first kappa shape index (κ1) is 12.2. The van der Waals surface area contributed by atoms with E-state index in [0.29, 0.717) is 0 Å². The average molecular weight is 312 g/mol. The van der Waals surface area contributed by atoms with Gasteiger partial charge in [0.2, 0.25) is 0 Å². The van der Waals surface area contributed by atoms with Crippen LogP contribution in [0.3, 0.4) is 0 Å². The molecule has 3 aromatic rings. The summed E-state index contributed by atoms with van der Waals surface area (Å²) in [6.07, 6.45) is 0. The van der Waals surface area contributed by atoms with Crippen molar-refractivity contribution in [3.05, 3.63) is 76.9 Å². The molecule has 0 saturated carbocycles. The lowest BCUT2D eigenvalue weighted by atomic mass is 10.1. The van der Waals surface area contributed by atoms with Gasteiger partial charge in [-0.15, -0.1) is 0 Å². The van der Waals surface area contributed by atoms with E-state index in [1.54, 1.807) is 0 Å². The predicted octanol–water partition coefficient (Wildman–Crippen LogP) is 5.22. The van der Waals surface area contributed by atoms with Crippen molar-refractivity contribution in [3.8, 4) is 16.9 Å². The number of hydrogen-bond acceptors (Lipinski definition) is 0. The average Bonchev–Trinajstić information content (AvgIpc) is 2.82. The van der Waals surface area contributed by atoms with Crippen LogP contribution in [0.25, 0.3) is 16.9 Å². The second-order valence-electron chi connectivity index (χ2n) is 4.54. The van der Waals surface area contributed by atoms with E-state index in [4.69, 9.17) is 0 Å². The van der Waals surface area contributed by atoms with E-state index in [9.17, 15) is 0 Å². The van der Waals surface area contributed by atoms with E-state index in [1.807, 2.05) is 12.1 Å². The summed E-state index contributed by atoms with van der Waals surface area (Å²) in [5, 5.41) is 0. The van der Waals surface area contributed by atoms with Crippen molar-refractivity contribution >= 4 is 15.9 Å². The van der Waals surface area contributed by atoms with Crippen LogP contribution in [0.2, 0.25) is 0 Å². The molecule has 3 rings (SSSR count). The molecule has 0 unspecified atom stereocenters. The molecule has 0 spiro atoms. The molecule has 1 nitrogen and oxygen atoms in total. The van der Waals surface area contributed by atoms with E-state index in [1.165, 1.54) is 22.6 Å². The Balaban J connectivity index is 2.20. The number of aryl methyl sites for hydroxylation is 1. The van der Waals surface area contributed by atoms with Gasteiger partial charge in [0.1, 0.15) is 0 Å². The summed E-state index contributed by atoms with van der Waals surface area (Å²) in [6.45, 7) is 2.13. The Morgan fingerprint density at radius 2 is 1.63 bits per heavy atom. The van der Waals surface area contributed by atoms with E-state index in [-0.39, 0.29) is 0 Å². The Morgan fingerprint density at radius 1 is 0.842 bits per heavy atom. The highest BCUT2D eigenvalue weighted by atomic mass is 79.9. The number of nitrogens with zero attached hydrogens (tertiary/aromatic N) is 1. The number of halogens is 1. The lowest BCUT2D eigenvalue weighted by molar-refractivity contribution is 1.02. The summed E-state index contributed by atoms with van der Waals surface area (Å²) < 4.78 is 3.37. The molecule has 0 aliphatic rings. The minimum atomic E-state index is 1.09. The van der Waals surface area contributed by atoms with Gasteiger partial charge < -0.3 is 4.57 Å². The first-order valence-electron chi connectivity index (χ1n) is 6.25. The third-order valence-electron chi connectivity index (χ3n) is 3.21. The summed E-state index contributed by atoms with van der Waals surface area (Å²) in [4.78, 5) is 0. The zero-order valence-corrected chi connectivity index (χ0v) is 12.3. The van der Waals surface area contributed by atoms with Crippen LogP contribution in [-0.4, -0.2) is 4.57 Å². The minimum Gasteiger partial charge on any atom is -0.314 e. The van der Waals surface area contributed by atoms with Gasteiger partial charge in [-0.05, 0) is 42.8 Å². The molecular formula is C17H14BrN. The van der Waals surface area contributed by atoms with Gasteiger partial charge in [-0.1, -0.05) is 52.3 Å². The van der Waals surface area contributed by atoms with Gasteiger partial charge in [0.25, 0.3) is 0 Å². The topological polar surface area (TPSA) is 4.93 Å². The first-order valence-corrected chi connectivity index (χ1v) is 7.05. The molecular weight excluding hydrogens is 298 g/mol. The maximum atomic E-state index is 3.54. The van der Waals surface area contributed by atoms with Crippen LogP contribution in [-0.2, 0) is 0 Å². The first-order chi connectivity index (χ1) is 9.25. The molecule has 0 N–H and O–H groups in total. The van der Waals surface area contributed by atoms with Gasteiger partial charge in [-0.2, -0.15) is 0 Å². The van der Waals surface area contributed by atoms with Crippen molar-refractivity contribution in [2.45, 2.75) is 6.92 Å². The Bertz CT molecular complexity index is 698. The van der Waals surface area contributed by atoms with E-state index in [0.717, 1.165) is 4.47 Å². The summed E-state index contributed by atoms with van der Waals surface area (Å²) in [5.74, 6) is 0. The van der Waals surface area contributed by atoms with E-state index in [2.05, 4.69) is 82.0 Å². The second-order valence-corrected chi connectivity index (χ2v) is 5.46. The van der Waals surface area contributed by atoms with Crippen LogP contribution in [0, 0.1) is 6.92 Å². The molecule has 0 atom stereocenters. The fourth-order valence-corrected chi connectivity index (χ4v) is 2.72. The fraction of sp³-hybridized carbons (Fsp3) is 0.0588. The molecule has 0 bridgehead atoms. The van der Waals surface area contributed by atoms with E-state index < -0.39 is 0 Å². The number of rotatable bonds is 2. The minimum absolute atomic E-state index is 1.09. The molecule has 0 radical (unpaired) electrons. The molecule has 1 heterocycles. The molecule has 0 fully saturated rings. The monoisotopic (exact) mass is 311 g/mol. The van der Waals surface area contributed by atoms with Crippen LogP contribution < -0.4 is 0 Å². The smallest absolute Gasteiger partial charge is 0.0531 e. The highest BCUT2D eigenvalue weighted by molar-refractivity contribution is 9.10. The predicted molar refractivity (Wildman–Crippen MR) is 83.6 cm³/mol. The van der Waals surface area contributed by atoms with Gasteiger partial charge in [-0.3, -0.25) is 0 Å². The van der Waals surface area contributed by atoms with Crippen LogP contribution in [0.4, 0.5) is 0 Å². The Labute approximate surface area is 121 Å². The Morgan fingerprint density at radius 3 is 2.37 bits per heavy atom. The fourth-order valence-electron chi connectivity index (χ4n) is 2.33. The van der Waals surface area contributed by atoms with Gasteiger partial charge >= 0.3 is 0 Å². The normalized spacial score (nSPS) is 10.6. The highest BCUT2D eigenvalue weighted by Gasteiger charge is 2.09. The van der Waals surface area contributed by atoms with Crippen molar-refractivity contribution in [2.24, 2.45) is 0 Å². The van der Waals surface area contributed by atoms with Crippen molar-refractivity contribution in [3.63, 3.8) is 0 Å². The zero-order valence-electron chi connectivity index (χ0n) is 10.7. The number of benzene rings is 2. The lowest BCUT2D eigenvalue weighted by Gasteiger charge is -2.12. The molecule has 19 heavy (non-hydrogen) atoms. The van der Waals surface area contributed by atoms with Crippen LogP contribution in [0.5, 0.6) is 0 Å². The third-order valence-corrected chi connectivity index (χ3v) is 3.71. The van der Waals surface area contributed by atoms with Crippen LogP contribution >= 0.6 is 15.9 Å². The van der Waals surface area contributed by atoms with Gasteiger partial charge in [0.05, 0.1) is 5.69 Å². The summed E-state index contributed by atoms with van der Waals surface area (Å²) in [5.41, 5.74) is 4.86. The SMILES string of the molecule is Cc1ccc(-c2ccccc2)n1-c1cccc(Br)c1. The third kappa shape index (κ3) is 2.36. The van der Waals surface area contributed by atoms with Crippen molar-refractivity contribution in [1.29, 1.82) is 0 Å². The molecule has 0 saturated heterocycles. The van der Waals surface area contributed by atoms with Crippen LogP contribution in [0.15, 0.2) is 71.2 Å². The second kappa shape index (κ2) is 5.06. The molecule has 1 aromatic heterocycles. The van der Waals surface area contributed by atoms with Crippen molar-refractivity contribution < 1.29 is 0 Å². The van der Waals surface area contributed by atoms with Crippen LogP contribution in [0.1, 0.15) is 5.69 Å². The van der Waals surface area contributed by atoms with Crippen molar-refractivity contribution in [2.75, 3.05) is 0 Å². The van der Waals surface area contributed by atoms with E-state index >= 15 is 0 Å².